The van der Waals surface area contributed by atoms with Crippen molar-refractivity contribution >= 4 is 0 Å². The number of rotatable bonds is 6. The zero-order chi connectivity index (χ0) is 16.8. The minimum absolute atomic E-state index is 0.0485. The molecule has 0 bridgehead atoms. The maximum atomic E-state index is 9.95. The van der Waals surface area contributed by atoms with Crippen LogP contribution in [0, 0.1) is 0 Å². The normalized spacial score (nSPS) is 22.6. The Bertz CT molecular complexity index is 550. The van der Waals surface area contributed by atoms with Crippen molar-refractivity contribution in [3.8, 4) is 0 Å². The second-order valence-corrected chi connectivity index (χ2v) is 6.41. The van der Waals surface area contributed by atoms with Crippen LogP contribution in [0.1, 0.15) is 11.1 Å². The van der Waals surface area contributed by atoms with Crippen LogP contribution < -0.4 is 0 Å². The van der Waals surface area contributed by atoms with Crippen LogP contribution in [-0.2, 0) is 13.1 Å². The summed E-state index contributed by atoms with van der Waals surface area (Å²) in [5.74, 6) is 0. The number of hydrogen-bond donors (Lipinski definition) is 2. The first-order chi connectivity index (χ1) is 11.8. The molecule has 1 fully saturated rings. The van der Waals surface area contributed by atoms with Crippen molar-refractivity contribution < 1.29 is 10.2 Å². The zero-order valence-electron chi connectivity index (χ0n) is 14.0. The highest BCUT2D eigenvalue weighted by atomic mass is 16.3. The average molecular weight is 326 g/mol. The summed E-state index contributed by atoms with van der Waals surface area (Å²) in [5, 5.41) is 19.9. The van der Waals surface area contributed by atoms with Crippen LogP contribution in [0.4, 0.5) is 0 Å². The SMILES string of the molecule is OCC1[C@H](CO)N(Cc2ccccc2)CCN1Cc1ccccc1. The molecule has 1 aliphatic rings. The fraction of sp³-hybridized carbons (Fsp3) is 0.400. The first-order valence-corrected chi connectivity index (χ1v) is 8.59. The number of benzene rings is 2. The third-order valence-corrected chi connectivity index (χ3v) is 4.89. The molecule has 0 aromatic heterocycles. The Morgan fingerprint density at radius 3 is 1.38 bits per heavy atom. The monoisotopic (exact) mass is 326 g/mol. The predicted octanol–water partition coefficient (Wildman–Crippen LogP) is 1.73. The van der Waals surface area contributed by atoms with Gasteiger partial charge in [-0.3, -0.25) is 9.80 Å². The lowest BCUT2D eigenvalue weighted by molar-refractivity contribution is -0.0367. The molecule has 1 unspecified atom stereocenters. The fourth-order valence-corrected chi connectivity index (χ4v) is 3.58. The highest BCUT2D eigenvalue weighted by molar-refractivity contribution is 5.16. The molecule has 0 amide bonds. The summed E-state index contributed by atoms with van der Waals surface area (Å²) < 4.78 is 0. The van der Waals surface area contributed by atoms with Crippen LogP contribution >= 0.6 is 0 Å². The molecule has 2 aromatic carbocycles. The van der Waals surface area contributed by atoms with E-state index in [1.165, 1.54) is 11.1 Å². The molecular weight excluding hydrogens is 300 g/mol. The topological polar surface area (TPSA) is 46.9 Å². The van der Waals surface area contributed by atoms with Gasteiger partial charge in [0.2, 0.25) is 0 Å². The minimum atomic E-state index is -0.0485. The van der Waals surface area contributed by atoms with Gasteiger partial charge in [-0.2, -0.15) is 0 Å². The Morgan fingerprint density at radius 2 is 1.04 bits per heavy atom. The van der Waals surface area contributed by atoms with E-state index in [4.69, 9.17) is 0 Å². The maximum absolute atomic E-state index is 9.95. The van der Waals surface area contributed by atoms with Crippen molar-refractivity contribution in [2.24, 2.45) is 0 Å². The molecule has 2 N–H and O–H groups in total. The van der Waals surface area contributed by atoms with E-state index < -0.39 is 0 Å². The van der Waals surface area contributed by atoms with Gasteiger partial charge in [0.1, 0.15) is 0 Å². The number of hydrogen-bond acceptors (Lipinski definition) is 4. The van der Waals surface area contributed by atoms with Crippen LogP contribution in [0.15, 0.2) is 60.7 Å². The molecule has 4 nitrogen and oxygen atoms in total. The Balaban J connectivity index is 1.71. The highest BCUT2D eigenvalue weighted by Gasteiger charge is 2.35. The molecule has 4 heteroatoms. The van der Waals surface area contributed by atoms with Crippen LogP contribution in [0.25, 0.3) is 0 Å². The fourth-order valence-electron chi connectivity index (χ4n) is 3.58. The molecule has 2 aromatic rings. The molecular formula is C20H26N2O2. The van der Waals surface area contributed by atoms with Crippen molar-refractivity contribution in [3.05, 3.63) is 71.8 Å². The van der Waals surface area contributed by atoms with Gasteiger partial charge in [-0.1, -0.05) is 60.7 Å². The molecule has 3 rings (SSSR count). The maximum Gasteiger partial charge on any atom is 0.0603 e. The lowest BCUT2D eigenvalue weighted by Crippen LogP contribution is -2.61. The Morgan fingerprint density at radius 1 is 0.667 bits per heavy atom. The molecule has 128 valence electrons. The Kier molecular flexibility index (Phi) is 5.99. The lowest BCUT2D eigenvalue weighted by Gasteiger charge is -2.46. The number of aliphatic hydroxyl groups excluding tert-OH is 2. The van der Waals surface area contributed by atoms with E-state index in [1.54, 1.807) is 0 Å². The van der Waals surface area contributed by atoms with Crippen LogP contribution in [0.2, 0.25) is 0 Å². The molecule has 1 saturated heterocycles. The van der Waals surface area contributed by atoms with Gasteiger partial charge in [-0.05, 0) is 11.1 Å². The van der Waals surface area contributed by atoms with E-state index in [2.05, 4.69) is 34.1 Å². The van der Waals surface area contributed by atoms with Crippen LogP contribution in [0.3, 0.4) is 0 Å². The van der Waals surface area contributed by atoms with Crippen LogP contribution in [-0.4, -0.2) is 58.4 Å². The van der Waals surface area contributed by atoms with E-state index in [-0.39, 0.29) is 25.3 Å². The second kappa shape index (κ2) is 8.40. The summed E-state index contributed by atoms with van der Waals surface area (Å²) >= 11 is 0. The third kappa shape index (κ3) is 4.02. The van der Waals surface area contributed by atoms with Crippen molar-refractivity contribution in [3.63, 3.8) is 0 Å². The summed E-state index contributed by atoms with van der Waals surface area (Å²) in [6.07, 6.45) is 0. The summed E-state index contributed by atoms with van der Waals surface area (Å²) in [6.45, 7) is 3.52. The molecule has 0 radical (unpaired) electrons. The Hall–Kier alpha value is -1.72. The van der Waals surface area contributed by atoms with Gasteiger partial charge >= 0.3 is 0 Å². The molecule has 0 spiro atoms. The summed E-state index contributed by atoms with van der Waals surface area (Å²) in [4.78, 5) is 4.58. The average Bonchev–Trinajstić information content (AvgIpc) is 2.64. The molecule has 0 aliphatic carbocycles. The second-order valence-electron chi connectivity index (χ2n) is 6.41. The summed E-state index contributed by atoms with van der Waals surface area (Å²) in [6, 6.07) is 20.5. The lowest BCUT2D eigenvalue weighted by atomic mass is 10.0. The van der Waals surface area contributed by atoms with Gasteiger partial charge in [0, 0.05) is 26.2 Å². The van der Waals surface area contributed by atoms with E-state index in [9.17, 15) is 10.2 Å². The Labute approximate surface area is 144 Å². The molecule has 24 heavy (non-hydrogen) atoms. The molecule has 0 saturated carbocycles. The minimum Gasteiger partial charge on any atom is -0.395 e. The predicted molar refractivity (Wildman–Crippen MR) is 95.5 cm³/mol. The van der Waals surface area contributed by atoms with E-state index in [1.807, 2.05) is 36.4 Å². The number of piperazine rings is 1. The molecule has 2 atom stereocenters. The van der Waals surface area contributed by atoms with Gasteiger partial charge in [0.15, 0.2) is 0 Å². The van der Waals surface area contributed by atoms with Crippen molar-refractivity contribution in [2.45, 2.75) is 25.2 Å². The van der Waals surface area contributed by atoms with Gasteiger partial charge in [-0.25, -0.2) is 0 Å². The van der Waals surface area contributed by atoms with E-state index in [0.29, 0.717) is 0 Å². The zero-order valence-corrected chi connectivity index (χ0v) is 14.0. The quantitative estimate of drug-likeness (QED) is 0.849. The van der Waals surface area contributed by atoms with Gasteiger partial charge in [0.05, 0.1) is 25.3 Å². The van der Waals surface area contributed by atoms with Crippen molar-refractivity contribution in [2.75, 3.05) is 26.3 Å². The summed E-state index contributed by atoms with van der Waals surface area (Å²) in [5.41, 5.74) is 2.48. The number of aliphatic hydroxyl groups is 2. The summed E-state index contributed by atoms with van der Waals surface area (Å²) in [7, 11) is 0. The molecule has 1 heterocycles. The standard InChI is InChI=1S/C20H26N2O2/c23-15-19-20(16-24)22(14-18-9-5-2-6-10-18)12-11-21(19)13-17-7-3-1-4-8-17/h1-10,19-20,23-24H,11-16H2/t19-,20?/m0/s1. The first-order valence-electron chi connectivity index (χ1n) is 8.59. The van der Waals surface area contributed by atoms with Crippen molar-refractivity contribution in [1.82, 2.24) is 9.80 Å². The van der Waals surface area contributed by atoms with E-state index >= 15 is 0 Å². The molecule has 1 aliphatic heterocycles. The largest absolute Gasteiger partial charge is 0.395 e. The van der Waals surface area contributed by atoms with Crippen molar-refractivity contribution in [1.29, 1.82) is 0 Å². The van der Waals surface area contributed by atoms with E-state index in [0.717, 1.165) is 26.2 Å². The van der Waals surface area contributed by atoms with Gasteiger partial charge < -0.3 is 10.2 Å². The first kappa shape index (κ1) is 17.1. The highest BCUT2D eigenvalue weighted by Crippen LogP contribution is 2.21. The van der Waals surface area contributed by atoms with Crippen LogP contribution in [0.5, 0.6) is 0 Å². The van der Waals surface area contributed by atoms with Gasteiger partial charge in [-0.15, -0.1) is 0 Å². The van der Waals surface area contributed by atoms with Gasteiger partial charge in [0.25, 0.3) is 0 Å². The smallest absolute Gasteiger partial charge is 0.0603 e. The third-order valence-electron chi connectivity index (χ3n) is 4.89. The number of nitrogens with zero attached hydrogens (tertiary/aromatic N) is 2.